The summed E-state index contributed by atoms with van der Waals surface area (Å²) in [4.78, 5) is 16.7. The Labute approximate surface area is 230 Å². The number of hydrogen-bond acceptors (Lipinski definition) is 8. The minimum absolute atomic E-state index is 0.0760. The number of unbranched alkanes of at least 4 members (excludes halogenated alkanes) is 1. The molecule has 0 saturated carbocycles. The first-order valence-electron chi connectivity index (χ1n) is 13.8. The van der Waals surface area contributed by atoms with E-state index in [0.717, 1.165) is 50.7 Å². The number of nitrogens with zero attached hydrogens (tertiary/aromatic N) is 3. The Kier molecular flexibility index (Phi) is 12.4. The molecule has 1 heterocycles. The molecule has 2 rings (SSSR count). The summed E-state index contributed by atoms with van der Waals surface area (Å²) in [6, 6.07) is 6.97. The molecule has 11 heteroatoms. The number of nitrogens with two attached hydrogens (primary N) is 1. The van der Waals surface area contributed by atoms with Gasteiger partial charge in [-0.3, -0.25) is 4.90 Å². The highest BCUT2D eigenvalue weighted by atomic mass is 32.2. The van der Waals surface area contributed by atoms with Gasteiger partial charge >= 0.3 is 0 Å². The van der Waals surface area contributed by atoms with E-state index in [0.29, 0.717) is 36.9 Å². The molecule has 2 unspecified atom stereocenters. The molecule has 1 fully saturated rings. The van der Waals surface area contributed by atoms with Crippen LogP contribution in [0.5, 0.6) is 0 Å². The van der Waals surface area contributed by atoms with Crippen LogP contribution in [0.1, 0.15) is 58.9 Å². The molecule has 38 heavy (non-hydrogen) atoms. The summed E-state index contributed by atoms with van der Waals surface area (Å²) < 4.78 is 50.6. The van der Waals surface area contributed by atoms with Crippen molar-refractivity contribution >= 4 is 26.1 Å². The van der Waals surface area contributed by atoms with Crippen molar-refractivity contribution in [1.29, 1.82) is 0 Å². The number of piperazine rings is 1. The normalized spacial score (nSPS) is 19.1. The van der Waals surface area contributed by atoms with E-state index in [2.05, 4.69) is 23.6 Å². The largest absolute Gasteiger partial charge is 0.329 e. The van der Waals surface area contributed by atoms with Crippen LogP contribution < -0.4 is 5.73 Å². The molecule has 0 aromatic heterocycles. The van der Waals surface area contributed by atoms with Crippen LogP contribution in [0.4, 0.5) is 0 Å². The molecular formula is C27H48N4O5S2. The van der Waals surface area contributed by atoms with Gasteiger partial charge in [0.2, 0.25) is 10.0 Å². The van der Waals surface area contributed by atoms with Crippen molar-refractivity contribution in [1.82, 2.24) is 14.1 Å². The van der Waals surface area contributed by atoms with E-state index in [-0.39, 0.29) is 13.1 Å². The summed E-state index contributed by atoms with van der Waals surface area (Å²) >= 11 is 0. The smallest absolute Gasteiger partial charge is 0.221 e. The zero-order valence-electron chi connectivity index (χ0n) is 23.8. The lowest BCUT2D eigenvalue weighted by atomic mass is 10.0. The maximum Gasteiger partial charge on any atom is 0.221 e. The van der Waals surface area contributed by atoms with Crippen molar-refractivity contribution in [2.24, 2.45) is 5.73 Å². The fourth-order valence-corrected chi connectivity index (χ4v) is 8.18. The number of carbonyl (C=O) groups excluding carboxylic acids is 1. The summed E-state index contributed by atoms with van der Waals surface area (Å²) in [7, 11) is -6.80. The Hall–Kier alpha value is -1.37. The molecule has 1 aliphatic rings. The molecule has 1 aromatic rings. The topological polar surface area (TPSA) is 121 Å². The molecule has 0 aliphatic carbocycles. The van der Waals surface area contributed by atoms with Gasteiger partial charge in [0.25, 0.3) is 0 Å². The minimum atomic E-state index is -3.60. The molecule has 2 N–H and O–H groups in total. The predicted octanol–water partition coefficient (Wildman–Crippen LogP) is 2.16. The van der Waals surface area contributed by atoms with E-state index in [9.17, 15) is 21.6 Å². The second kappa shape index (κ2) is 14.3. The molecule has 1 aliphatic heterocycles. The Morgan fingerprint density at radius 3 is 2.21 bits per heavy atom. The molecule has 0 spiro atoms. The third-order valence-electron chi connectivity index (χ3n) is 8.25. The van der Waals surface area contributed by atoms with Crippen LogP contribution in [0, 0.1) is 0 Å². The van der Waals surface area contributed by atoms with Crippen molar-refractivity contribution in [3.8, 4) is 0 Å². The van der Waals surface area contributed by atoms with Crippen molar-refractivity contribution in [3.05, 3.63) is 29.8 Å². The van der Waals surface area contributed by atoms with Crippen LogP contribution in [-0.2, 0) is 31.1 Å². The number of carbonyl (C=O) groups is 1. The first-order chi connectivity index (χ1) is 17.9. The highest BCUT2D eigenvalue weighted by molar-refractivity contribution is 7.91. The lowest BCUT2D eigenvalue weighted by molar-refractivity contribution is -0.113. The zero-order valence-corrected chi connectivity index (χ0v) is 25.4. The number of hydrogen-bond donors (Lipinski definition) is 1. The van der Waals surface area contributed by atoms with Crippen molar-refractivity contribution in [3.63, 3.8) is 0 Å². The number of likely N-dealkylation sites (N-methyl/N-ethyl adjacent to an activating group) is 1. The van der Waals surface area contributed by atoms with E-state index in [4.69, 9.17) is 5.73 Å². The maximum absolute atomic E-state index is 13.4. The van der Waals surface area contributed by atoms with Gasteiger partial charge < -0.3 is 15.4 Å². The van der Waals surface area contributed by atoms with Crippen LogP contribution in [0.25, 0.3) is 0 Å². The van der Waals surface area contributed by atoms with E-state index in [1.54, 1.807) is 12.1 Å². The number of rotatable bonds is 16. The second-order valence-electron chi connectivity index (χ2n) is 10.5. The summed E-state index contributed by atoms with van der Waals surface area (Å²) in [5, 5.41) is 0. The van der Waals surface area contributed by atoms with Gasteiger partial charge in [-0.1, -0.05) is 32.9 Å². The molecular weight excluding hydrogens is 524 g/mol. The number of benzene rings is 1. The summed E-state index contributed by atoms with van der Waals surface area (Å²) in [5.74, 6) is 0. The lowest BCUT2D eigenvalue weighted by Gasteiger charge is -2.42. The molecule has 2 atom stereocenters. The summed E-state index contributed by atoms with van der Waals surface area (Å²) in [6.45, 7) is 11.8. The lowest BCUT2D eigenvalue weighted by Crippen LogP contribution is -2.60. The van der Waals surface area contributed by atoms with Gasteiger partial charge in [-0.05, 0) is 76.4 Å². The Morgan fingerprint density at radius 1 is 1.08 bits per heavy atom. The Balaban J connectivity index is 1.88. The molecule has 0 radical (unpaired) electrons. The first kappa shape index (κ1) is 32.8. The van der Waals surface area contributed by atoms with Crippen LogP contribution in [-0.4, -0.2) is 106 Å². The fourth-order valence-electron chi connectivity index (χ4n) is 5.39. The summed E-state index contributed by atoms with van der Waals surface area (Å²) in [6.07, 6.45) is 5.71. The van der Waals surface area contributed by atoms with Gasteiger partial charge in [0.15, 0.2) is 9.84 Å². The predicted molar refractivity (Wildman–Crippen MR) is 153 cm³/mol. The van der Waals surface area contributed by atoms with E-state index in [1.165, 1.54) is 10.6 Å². The molecule has 0 amide bonds. The maximum atomic E-state index is 13.4. The summed E-state index contributed by atoms with van der Waals surface area (Å²) in [5.41, 5.74) is 7.01. The van der Waals surface area contributed by atoms with Gasteiger partial charge in [0.05, 0.1) is 15.7 Å². The third kappa shape index (κ3) is 7.85. The van der Waals surface area contributed by atoms with Gasteiger partial charge in [-0.2, -0.15) is 4.31 Å². The van der Waals surface area contributed by atoms with E-state index < -0.39 is 30.6 Å². The molecule has 1 aromatic carbocycles. The number of sulfonamides is 1. The van der Waals surface area contributed by atoms with E-state index >= 15 is 0 Å². The molecule has 218 valence electrons. The van der Waals surface area contributed by atoms with Crippen molar-refractivity contribution in [2.45, 2.75) is 81.5 Å². The third-order valence-corrected chi connectivity index (χ3v) is 12.2. The van der Waals surface area contributed by atoms with Crippen molar-refractivity contribution < 1.29 is 21.6 Å². The van der Waals surface area contributed by atoms with Crippen LogP contribution in [0.15, 0.2) is 29.2 Å². The molecule has 1 saturated heterocycles. The Morgan fingerprint density at radius 2 is 1.71 bits per heavy atom. The van der Waals surface area contributed by atoms with Crippen molar-refractivity contribution in [2.75, 3.05) is 52.1 Å². The van der Waals surface area contributed by atoms with Crippen LogP contribution in [0.2, 0.25) is 0 Å². The highest BCUT2D eigenvalue weighted by Gasteiger charge is 2.45. The van der Waals surface area contributed by atoms with Gasteiger partial charge in [-0.25, -0.2) is 16.8 Å². The quantitative estimate of drug-likeness (QED) is 0.236. The highest BCUT2D eigenvalue weighted by Crippen LogP contribution is 2.29. The van der Waals surface area contributed by atoms with Gasteiger partial charge in [0.1, 0.15) is 6.29 Å². The van der Waals surface area contributed by atoms with Gasteiger partial charge in [0, 0.05) is 38.5 Å². The van der Waals surface area contributed by atoms with Gasteiger partial charge in [-0.15, -0.1) is 0 Å². The second-order valence-corrected chi connectivity index (χ2v) is 14.8. The SMILES string of the molecule is CCN(CCCCN1CCN(S(=O)(=O)C(CC)(CC)CN)CC1C=O)C(C)Cc1ccc(S(C)(=O)=O)cc1. The Bertz CT molecular complexity index is 1080. The standard InChI is InChI=1S/C27H48N4O5S2/c1-6-27(7-2,22-28)38(35,36)31-18-17-30(25(20-31)21-32)16-10-9-15-29(8-3)23(4)19-24-11-13-26(14-12-24)37(5,33)34/h11-14,21,23,25H,6-10,15-20,22,28H2,1-5H3. The fraction of sp³-hybridized carbons (Fsp3) is 0.741. The average molecular weight is 573 g/mol. The molecule has 0 bridgehead atoms. The van der Waals surface area contributed by atoms with E-state index in [1.807, 2.05) is 26.0 Å². The minimum Gasteiger partial charge on any atom is -0.329 e. The van der Waals surface area contributed by atoms with Crippen LogP contribution >= 0.6 is 0 Å². The van der Waals surface area contributed by atoms with Crippen LogP contribution in [0.3, 0.4) is 0 Å². The average Bonchev–Trinajstić information content (AvgIpc) is 2.89. The first-order valence-corrected chi connectivity index (χ1v) is 17.1. The monoisotopic (exact) mass is 572 g/mol. The number of aldehydes is 1. The molecule has 9 nitrogen and oxygen atoms in total. The number of sulfone groups is 1. The zero-order chi connectivity index (χ0) is 28.6.